The number of urea groups is 1. The number of aryl methyl sites for hydroxylation is 1. The number of nitrogens with one attached hydrogen (secondary N) is 1. The molecule has 6 heteroatoms. The second kappa shape index (κ2) is 8.99. The van der Waals surface area contributed by atoms with Crippen molar-refractivity contribution >= 4 is 6.03 Å². The number of rotatable bonds is 6. The van der Waals surface area contributed by atoms with Crippen molar-refractivity contribution in [1.29, 1.82) is 0 Å². The molecular formula is C18H31N5O. The minimum Gasteiger partial charge on any atom is -0.330 e. The standard InChI is InChI=1S/C18H31N5O/c1-5-16(17-7-6-15(2)14-19-17)20-18(24)23-12-10-22(11-13-23)9-8-21(3)4/h6-7,14,16H,5,8-13H2,1-4H3,(H,20,24)/t16-/m0/s1. The highest BCUT2D eigenvalue weighted by Crippen LogP contribution is 2.15. The van der Waals surface area contributed by atoms with Crippen LogP contribution in [0.5, 0.6) is 0 Å². The Morgan fingerprint density at radius 2 is 2.00 bits per heavy atom. The lowest BCUT2D eigenvalue weighted by atomic mass is 10.1. The summed E-state index contributed by atoms with van der Waals surface area (Å²) in [5.74, 6) is 0. The normalized spacial score (nSPS) is 17.1. The van der Waals surface area contributed by atoms with Gasteiger partial charge >= 0.3 is 6.03 Å². The summed E-state index contributed by atoms with van der Waals surface area (Å²) in [6.45, 7) is 9.68. The Morgan fingerprint density at radius 1 is 1.29 bits per heavy atom. The van der Waals surface area contributed by atoms with E-state index in [0.29, 0.717) is 0 Å². The van der Waals surface area contributed by atoms with Crippen LogP contribution in [0.2, 0.25) is 0 Å². The lowest BCUT2D eigenvalue weighted by Gasteiger charge is -2.35. The topological polar surface area (TPSA) is 51.7 Å². The van der Waals surface area contributed by atoms with Gasteiger partial charge in [0.15, 0.2) is 0 Å². The molecule has 0 saturated carbocycles. The summed E-state index contributed by atoms with van der Waals surface area (Å²) in [4.78, 5) is 23.5. The van der Waals surface area contributed by atoms with Gasteiger partial charge in [-0.3, -0.25) is 9.88 Å². The zero-order chi connectivity index (χ0) is 17.5. The maximum absolute atomic E-state index is 12.5. The molecular weight excluding hydrogens is 302 g/mol. The highest BCUT2D eigenvalue weighted by Gasteiger charge is 2.23. The van der Waals surface area contributed by atoms with Gasteiger partial charge in [-0.15, -0.1) is 0 Å². The smallest absolute Gasteiger partial charge is 0.318 e. The highest BCUT2D eigenvalue weighted by atomic mass is 16.2. The van der Waals surface area contributed by atoms with Gasteiger partial charge in [0, 0.05) is 45.5 Å². The Hall–Kier alpha value is -1.66. The van der Waals surface area contributed by atoms with Crippen molar-refractivity contribution in [3.05, 3.63) is 29.6 Å². The number of likely N-dealkylation sites (N-methyl/N-ethyl adjacent to an activating group) is 1. The largest absolute Gasteiger partial charge is 0.330 e. The molecule has 0 radical (unpaired) electrons. The minimum absolute atomic E-state index is 0.0233. The van der Waals surface area contributed by atoms with Crippen molar-refractivity contribution < 1.29 is 4.79 Å². The molecule has 1 aromatic rings. The summed E-state index contributed by atoms with van der Waals surface area (Å²) in [5, 5.41) is 3.13. The summed E-state index contributed by atoms with van der Waals surface area (Å²) in [7, 11) is 4.18. The number of piperazine rings is 1. The van der Waals surface area contributed by atoms with Crippen LogP contribution in [-0.4, -0.2) is 79.1 Å². The van der Waals surface area contributed by atoms with Crippen molar-refractivity contribution in [2.75, 3.05) is 53.4 Å². The van der Waals surface area contributed by atoms with Crippen molar-refractivity contribution in [3.8, 4) is 0 Å². The van der Waals surface area contributed by atoms with Gasteiger partial charge in [-0.05, 0) is 39.1 Å². The van der Waals surface area contributed by atoms with Gasteiger partial charge in [0.2, 0.25) is 0 Å². The SMILES string of the molecule is CC[C@H](NC(=O)N1CCN(CCN(C)C)CC1)c1ccc(C)cn1. The molecule has 1 fully saturated rings. The molecule has 0 spiro atoms. The summed E-state index contributed by atoms with van der Waals surface area (Å²) >= 11 is 0. The fourth-order valence-electron chi connectivity index (χ4n) is 2.83. The summed E-state index contributed by atoms with van der Waals surface area (Å²) in [5.41, 5.74) is 2.06. The van der Waals surface area contributed by atoms with Gasteiger partial charge in [0.1, 0.15) is 0 Å². The summed E-state index contributed by atoms with van der Waals surface area (Å²) in [6, 6.07) is 4.05. The Morgan fingerprint density at radius 3 is 2.54 bits per heavy atom. The van der Waals surface area contributed by atoms with Crippen LogP contribution in [0, 0.1) is 6.92 Å². The predicted molar refractivity (Wildman–Crippen MR) is 97.1 cm³/mol. The third-order valence-corrected chi connectivity index (χ3v) is 4.52. The molecule has 2 amide bonds. The fourth-order valence-corrected chi connectivity index (χ4v) is 2.83. The first-order valence-electron chi connectivity index (χ1n) is 8.84. The van der Waals surface area contributed by atoms with Crippen molar-refractivity contribution in [3.63, 3.8) is 0 Å². The third-order valence-electron chi connectivity index (χ3n) is 4.52. The van der Waals surface area contributed by atoms with Gasteiger partial charge in [0.05, 0.1) is 11.7 Å². The monoisotopic (exact) mass is 333 g/mol. The number of carbonyl (C=O) groups excluding carboxylic acids is 1. The van der Waals surface area contributed by atoms with E-state index in [1.807, 2.05) is 30.2 Å². The molecule has 1 aliphatic rings. The third kappa shape index (κ3) is 5.46. The fraction of sp³-hybridized carbons (Fsp3) is 0.667. The van der Waals surface area contributed by atoms with Gasteiger partial charge < -0.3 is 15.1 Å². The number of nitrogens with zero attached hydrogens (tertiary/aromatic N) is 4. The lowest BCUT2D eigenvalue weighted by Crippen LogP contribution is -2.53. The van der Waals surface area contributed by atoms with Crippen molar-refractivity contribution in [2.45, 2.75) is 26.3 Å². The molecule has 1 saturated heterocycles. The van der Waals surface area contributed by atoms with E-state index in [0.717, 1.165) is 56.9 Å². The number of pyridine rings is 1. The predicted octanol–water partition coefficient (Wildman–Crippen LogP) is 1.73. The van der Waals surface area contributed by atoms with E-state index < -0.39 is 0 Å². The maximum atomic E-state index is 12.5. The van der Waals surface area contributed by atoms with E-state index in [1.165, 1.54) is 0 Å². The molecule has 0 aliphatic carbocycles. The highest BCUT2D eigenvalue weighted by molar-refractivity contribution is 5.74. The average molecular weight is 333 g/mol. The average Bonchev–Trinajstić information content (AvgIpc) is 2.59. The number of amides is 2. The molecule has 0 aromatic carbocycles. The summed E-state index contributed by atoms with van der Waals surface area (Å²) < 4.78 is 0. The summed E-state index contributed by atoms with van der Waals surface area (Å²) in [6.07, 6.45) is 2.69. The van der Waals surface area contributed by atoms with Gasteiger partial charge in [-0.1, -0.05) is 13.0 Å². The number of aromatic nitrogens is 1. The molecule has 2 heterocycles. The van der Waals surface area contributed by atoms with E-state index in [2.05, 4.69) is 41.1 Å². The first-order chi connectivity index (χ1) is 11.5. The molecule has 0 bridgehead atoms. The number of carbonyl (C=O) groups is 1. The van der Waals surface area contributed by atoms with Gasteiger partial charge in [0.25, 0.3) is 0 Å². The van der Waals surface area contributed by atoms with Crippen LogP contribution < -0.4 is 5.32 Å². The van der Waals surface area contributed by atoms with Crippen LogP contribution >= 0.6 is 0 Å². The molecule has 1 atom stereocenters. The molecule has 2 rings (SSSR count). The second-order valence-corrected chi connectivity index (χ2v) is 6.80. The van der Waals surface area contributed by atoms with E-state index in [4.69, 9.17) is 0 Å². The van der Waals surface area contributed by atoms with Gasteiger partial charge in [-0.25, -0.2) is 4.79 Å². The molecule has 0 unspecified atom stereocenters. The molecule has 1 N–H and O–H groups in total. The molecule has 24 heavy (non-hydrogen) atoms. The van der Waals surface area contributed by atoms with Crippen molar-refractivity contribution in [2.24, 2.45) is 0 Å². The van der Waals surface area contributed by atoms with Crippen LogP contribution in [0.3, 0.4) is 0 Å². The quantitative estimate of drug-likeness (QED) is 0.861. The first-order valence-corrected chi connectivity index (χ1v) is 8.84. The first kappa shape index (κ1) is 18.7. The zero-order valence-electron chi connectivity index (χ0n) is 15.5. The van der Waals surface area contributed by atoms with Crippen LogP contribution in [-0.2, 0) is 0 Å². The van der Waals surface area contributed by atoms with Crippen LogP contribution in [0.15, 0.2) is 18.3 Å². The van der Waals surface area contributed by atoms with Crippen molar-refractivity contribution in [1.82, 2.24) is 25.0 Å². The Balaban J connectivity index is 1.82. The second-order valence-electron chi connectivity index (χ2n) is 6.80. The lowest BCUT2D eigenvalue weighted by molar-refractivity contribution is 0.131. The maximum Gasteiger partial charge on any atom is 0.318 e. The molecule has 134 valence electrons. The molecule has 1 aromatic heterocycles. The van der Waals surface area contributed by atoms with E-state index in [1.54, 1.807) is 0 Å². The zero-order valence-corrected chi connectivity index (χ0v) is 15.5. The Labute approximate surface area is 145 Å². The van der Waals surface area contributed by atoms with Crippen LogP contribution in [0.1, 0.15) is 30.6 Å². The number of hydrogen-bond donors (Lipinski definition) is 1. The molecule has 1 aliphatic heterocycles. The van der Waals surface area contributed by atoms with Crippen LogP contribution in [0.4, 0.5) is 4.79 Å². The van der Waals surface area contributed by atoms with Crippen LogP contribution in [0.25, 0.3) is 0 Å². The number of hydrogen-bond acceptors (Lipinski definition) is 4. The Bertz CT molecular complexity index is 509. The minimum atomic E-state index is -0.0233. The Kier molecular flexibility index (Phi) is 6.99. The molecule has 6 nitrogen and oxygen atoms in total. The van der Waals surface area contributed by atoms with E-state index >= 15 is 0 Å². The van der Waals surface area contributed by atoms with Gasteiger partial charge in [-0.2, -0.15) is 0 Å². The van der Waals surface area contributed by atoms with E-state index in [-0.39, 0.29) is 12.1 Å². The van der Waals surface area contributed by atoms with E-state index in [9.17, 15) is 4.79 Å².